The van der Waals surface area contributed by atoms with Gasteiger partial charge < -0.3 is 19.8 Å². The number of nitrogens with one attached hydrogen (secondary N) is 2. The Hall–Kier alpha value is -4.88. The molecule has 4 aliphatic rings. The third-order valence-corrected chi connectivity index (χ3v) is 15.5. The van der Waals surface area contributed by atoms with E-state index in [-0.39, 0.29) is 36.0 Å². The monoisotopic (exact) mass is 838 g/mol. The highest BCUT2D eigenvalue weighted by atomic mass is 32.1. The Kier molecular flexibility index (Phi) is 11.5. The zero-order valence-electron chi connectivity index (χ0n) is 34.2. The first-order chi connectivity index (χ1) is 29.6. The predicted octanol–water partition coefficient (Wildman–Crippen LogP) is 10.0. The molecule has 0 spiro atoms. The Morgan fingerprint density at radius 2 is 0.900 bits per heavy atom. The highest BCUT2D eigenvalue weighted by molar-refractivity contribution is 7.25. The maximum absolute atomic E-state index is 14.4. The molecule has 8 heterocycles. The number of likely N-dealkylation sites (tertiary alicyclic amines) is 4. The Morgan fingerprint density at radius 1 is 0.500 bits per heavy atom. The summed E-state index contributed by atoms with van der Waals surface area (Å²) < 4.78 is 0. The van der Waals surface area contributed by atoms with E-state index in [2.05, 4.69) is 78.1 Å². The van der Waals surface area contributed by atoms with E-state index in [0.29, 0.717) is 0 Å². The molecule has 4 atom stereocenters. The molecule has 2 N–H and O–H groups in total. The van der Waals surface area contributed by atoms with Gasteiger partial charge in [0.25, 0.3) is 0 Å². The molecule has 10 rings (SSSR count). The molecule has 0 aliphatic carbocycles. The SMILES string of the molecule is O=C([C@H](c1ccccc1)N1CCCCC1)N1CCC[C@H]1c1ncc(-c2ccc(-c3ccc(-c4cnc([C@@H]5CCCN5C(=O)[C@@H](c5ccccc5)N5CCCCC5)[nH]4)s3)s2)[nH]1. The summed E-state index contributed by atoms with van der Waals surface area (Å²) in [5, 5.41) is 0. The first-order valence-electron chi connectivity index (χ1n) is 22.1. The van der Waals surface area contributed by atoms with Crippen LogP contribution in [0.4, 0.5) is 0 Å². The van der Waals surface area contributed by atoms with E-state index >= 15 is 0 Å². The fourth-order valence-corrected chi connectivity index (χ4v) is 12.1. The summed E-state index contributed by atoms with van der Waals surface area (Å²) in [5.74, 6) is 2.13. The lowest BCUT2D eigenvalue weighted by molar-refractivity contribution is -0.139. The van der Waals surface area contributed by atoms with Gasteiger partial charge in [-0.05, 0) is 113 Å². The van der Waals surface area contributed by atoms with Gasteiger partial charge in [0, 0.05) is 22.8 Å². The number of H-pyrrole nitrogens is 2. The molecule has 12 heteroatoms. The van der Waals surface area contributed by atoms with Gasteiger partial charge in [-0.2, -0.15) is 0 Å². The summed E-state index contributed by atoms with van der Waals surface area (Å²) in [7, 11) is 0. The van der Waals surface area contributed by atoms with Gasteiger partial charge in [0.15, 0.2) is 0 Å². The van der Waals surface area contributed by atoms with Crippen molar-refractivity contribution in [3.05, 3.63) is 120 Å². The summed E-state index contributed by atoms with van der Waals surface area (Å²) in [5.41, 5.74) is 4.13. The first kappa shape index (κ1) is 39.3. The standard InChI is InChI=1S/C48H54N8O2S2/c57-47(43(33-15-5-1-6-16-33)53-25-9-3-10-26-53)55-29-13-19-37(55)45-49-31-35(51-45)39-21-23-41(59-39)42-24-22-40(60-42)36-32-50-46(52-36)38-20-14-30-56(38)48(58)44(34-17-7-2-8-18-34)54-27-11-4-12-28-54/h1-2,5-8,15-18,21-24,31-32,37-38,43-44H,3-4,9-14,19-20,25-30H2,(H,49,51)(H,50,52)/t37-,38-,43-,44+/m0/s1. The topological polar surface area (TPSA) is 104 Å². The van der Waals surface area contributed by atoms with Crippen LogP contribution in [0, 0.1) is 0 Å². The van der Waals surface area contributed by atoms with Crippen LogP contribution in [-0.4, -0.2) is 90.6 Å². The van der Waals surface area contributed by atoms with Gasteiger partial charge in [-0.1, -0.05) is 73.5 Å². The second-order valence-corrected chi connectivity index (χ2v) is 19.1. The van der Waals surface area contributed by atoms with E-state index < -0.39 is 0 Å². The van der Waals surface area contributed by atoms with Crippen LogP contribution in [0.15, 0.2) is 97.3 Å². The van der Waals surface area contributed by atoms with E-state index in [9.17, 15) is 9.59 Å². The van der Waals surface area contributed by atoms with E-state index in [1.165, 1.54) is 22.6 Å². The minimum Gasteiger partial charge on any atom is -0.340 e. The maximum atomic E-state index is 14.4. The maximum Gasteiger partial charge on any atom is 0.245 e. The van der Waals surface area contributed by atoms with Gasteiger partial charge in [0.05, 0.1) is 45.6 Å². The minimum atomic E-state index is -0.256. The van der Waals surface area contributed by atoms with Crippen LogP contribution in [0.3, 0.4) is 0 Å². The number of carbonyl (C=O) groups is 2. The lowest BCUT2D eigenvalue weighted by Gasteiger charge is -2.37. The number of amides is 2. The van der Waals surface area contributed by atoms with Crippen LogP contribution < -0.4 is 0 Å². The van der Waals surface area contributed by atoms with Crippen molar-refractivity contribution in [2.24, 2.45) is 0 Å². The molecule has 0 saturated carbocycles. The molecule has 10 nitrogen and oxygen atoms in total. The fourth-order valence-electron chi connectivity index (χ4n) is 10.1. The van der Waals surface area contributed by atoms with E-state index in [4.69, 9.17) is 9.97 Å². The second kappa shape index (κ2) is 17.6. The number of aromatic amines is 2. The Bertz CT molecular complexity index is 2210. The number of rotatable bonds is 11. The fraction of sp³-hybridized carbons (Fsp3) is 0.417. The molecule has 4 aromatic heterocycles. The Morgan fingerprint density at radius 3 is 1.32 bits per heavy atom. The van der Waals surface area contributed by atoms with Crippen LogP contribution in [0.25, 0.3) is 30.9 Å². The molecule has 310 valence electrons. The normalized spacial score (nSPS) is 21.4. The third kappa shape index (κ3) is 7.90. The van der Waals surface area contributed by atoms with E-state index in [1.54, 1.807) is 22.7 Å². The summed E-state index contributed by atoms with van der Waals surface area (Å²) in [6, 6.07) is 28.8. The van der Waals surface area contributed by atoms with Crippen molar-refractivity contribution in [1.82, 2.24) is 39.5 Å². The molecule has 2 aromatic carbocycles. The number of hydrogen-bond donors (Lipinski definition) is 2. The van der Waals surface area contributed by atoms with Gasteiger partial charge in [-0.15, -0.1) is 22.7 Å². The number of carbonyl (C=O) groups excluding carboxylic acids is 2. The largest absolute Gasteiger partial charge is 0.340 e. The minimum absolute atomic E-state index is 0.0600. The molecule has 0 radical (unpaired) electrons. The van der Waals surface area contributed by atoms with Crippen molar-refractivity contribution in [2.75, 3.05) is 39.3 Å². The smallest absolute Gasteiger partial charge is 0.245 e. The van der Waals surface area contributed by atoms with Crippen molar-refractivity contribution >= 4 is 34.5 Å². The van der Waals surface area contributed by atoms with Crippen LogP contribution >= 0.6 is 22.7 Å². The lowest BCUT2D eigenvalue weighted by atomic mass is 10.00. The average Bonchev–Trinajstić information content (AvgIpc) is 4.15. The summed E-state index contributed by atoms with van der Waals surface area (Å²) in [4.78, 5) is 59.5. The molecular formula is C48H54N8O2S2. The molecule has 0 unspecified atom stereocenters. The van der Waals surface area contributed by atoms with Crippen LogP contribution in [0.1, 0.15) is 111 Å². The van der Waals surface area contributed by atoms with E-state index in [1.807, 2.05) is 48.8 Å². The van der Waals surface area contributed by atoms with Crippen molar-refractivity contribution in [3.63, 3.8) is 0 Å². The van der Waals surface area contributed by atoms with Crippen LogP contribution in [-0.2, 0) is 9.59 Å². The molecule has 2 amide bonds. The number of piperidine rings is 2. The second-order valence-electron chi connectivity index (χ2n) is 16.9. The molecule has 0 bridgehead atoms. The highest BCUT2D eigenvalue weighted by Gasteiger charge is 2.40. The number of nitrogens with zero attached hydrogens (tertiary/aromatic N) is 6. The van der Waals surface area contributed by atoms with Gasteiger partial charge in [-0.25, -0.2) is 9.97 Å². The van der Waals surface area contributed by atoms with Crippen LogP contribution in [0.2, 0.25) is 0 Å². The zero-order chi connectivity index (χ0) is 40.4. The summed E-state index contributed by atoms with van der Waals surface area (Å²) >= 11 is 3.50. The molecule has 6 aromatic rings. The zero-order valence-corrected chi connectivity index (χ0v) is 35.8. The van der Waals surface area contributed by atoms with Crippen molar-refractivity contribution in [1.29, 1.82) is 0 Å². The molecule has 4 fully saturated rings. The number of aromatic nitrogens is 4. The summed E-state index contributed by atoms with van der Waals surface area (Å²) in [6.45, 7) is 5.34. The quantitative estimate of drug-likeness (QED) is 0.135. The van der Waals surface area contributed by atoms with Crippen LogP contribution in [0.5, 0.6) is 0 Å². The lowest BCUT2D eigenvalue weighted by Crippen LogP contribution is -2.44. The van der Waals surface area contributed by atoms with Crippen molar-refractivity contribution < 1.29 is 9.59 Å². The Balaban J connectivity index is 0.826. The molecule has 60 heavy (non-hydrogen) atoms. The summed E-state index contributed by atoms with van der Waals surface area (Å²) in [6.07, 6.45) is 14.6. The van der Waals surface area contributed by atoms with Gasteiger partial charge >= 0.3 is 0 Å². The third-order valence-electron chi connectivity index (χ3n) is 13.1. The van der Waals surface area contributed by atoms with Gasteiger partial charge in [0.1, 0.15) is 23.7 Å². The number of hydrogen-bond acceptors (Lipinski definition) is 8. The molecule has 4 saturated heterocycles. The number of imidazole rings is 2. The Labute approximate surface area is 360 Å². The van der Waals surface area contributed by atoms with Gasteiger partial charge in [0.2, 0.25) is 11.8 Å². The molecular weight excluding hydrogens is 785 g/mol. The highest BCUT2D eigenvalue weighted by Crippen LogP contribution is 2.42. The molecule has 4 aliphatic heterocycles. The van der Waals surface area contributed by atoms with Gasteiger partial charge in [-0.3, -0.25) is 19.4 Å². The number of thiophene rings is 2. The van der Waals surface area contributed by atoms with E-state index in [0.717, 1.165) is 135 Å². The van der Waals surface area contributed by atoms with Crippen molar-refractivity contribution in [3.8, 4) is 30.9 Å². The average molecular weight is 839 g/mol. The first-order valence-corrected chi connectivity index (χ1v) is 23.7. The number of benzene rings is 2. The van der Waals surface area contributed by atoms with Crippen molar-refractivity contribution in [2.45, 2.75) is 88.4 Å². The predicted molar refractivity (Wildman–Crippen MR) is 239 cm³/mol.